The predicted octanol–water partition coefficient (Wildman–Crippen LogP) is 2.08. The molecule has 0 bridgehead atoms. The average molecular weight is 447 g/mol. The first-order valence-corrected chi connectivity index (χ1v) is 11.1. The molecule has 4 heterocycles. The highest BCUT2D eigenvalue weighted by atomic mass is 16.5. The molecule has 0 unspecified atom stereocenters. The van der Waals surface area contributed by atoms with Crippen molar-refractivity contribution in [2.45, 2.75) is 13.5 Å². The first-order chi connectivity index (χ1) is 16.1. The van der Waals surface area contributed by atoms with Gasteiger partial charge in [0.25, 0.3) is 0 Å². The summed E-state index contributed by atoms with van der Waals surface area (Å²) in [5, 5.41) is 6.05. The number of hydrogen-bond acceptors (Lipinski definition) is 8. The van der Waals surface area contributed by atoms with E-state index < -0.39 is 0 Å². The van der Waals surface area contributed by atoms with Gasteiger partial charge in [-0.25, -0.2) is 4.98 Å². The lowest BCUT2D eigenvalue weighted by Crippen LogP contribution is -2.37. The number of hydrogen-bond donors (Lipinski definition) is 2. The van der Waals surface area contributed by atoms with E-state index in [4.69, 9.17) is 4.74 Å². The highest BCUT2D eigenvalue weighted by Crippen LogP contribution is 2.31. The van der Waals surface area contributed by atoms with Gasteiger partial charge in [0.15, 0.2) is 5.78 Å². The smallest absolute Gasteiger partial charge is 0.222 e. The van der Waals surface area contributed by atoms with Crippen LogP contribution in [-0.4, -0.2) is 71.7 Å². The molecule has 0 atom stereocenters. The van der Waals surface area contributed by atoms with Gasteiger partial charge in [-0.1, -0.05) is 6.07 Å². The fraction of sp³-hybridized carbons (Fsp3) is 0.333. The number of ketones is 1. The van der Waals surface area contributed by atoms with Crippen molar-refractivity contribution in [3.63, 3.8) is 0 Å². The number of amides is 1. The zero-order valence-electron chi connectivity index (χ0n) is 18.5. The Morgan fingerprint density at radius 2 is 2.03 bits per heavy atom. The molecule has 2 N–H and O–H groups in total. The number of pyridine rings is 1. The second kappa shape index (κ2) is 9.13. The molecular weight excluding hydrogens is 420 g/mol. The molecule has 2 aromatic rings. The highest BCUT2D eigenvalue weighted by Gasteiger charge is 2.30. The summed E-state index contributed by atoms with van der Waals surface area (Å²) in [4.78, 5) is 37.4. The van der Waals surface area contributed by atoms with E-state index >= 15 is 0 Å². The van der Waals surface area contributed by atoms with Crippen molar-refractivity contribution in [3.8, 4) is 0 Å². The summed E-state index contributed by atoms with van der Waals surface area (Å²) in [7, 11) is 0. The molecule has 3 aliphatic heterocycles. The Morgan fingerprint density at radius 1 is 1.18 bits per heavy atom. The molecule has 1 fully saturated rings. The van der Waals surface area contributed by atoms with Gasteiger partial charge in [-0.05, 0) is 29.8 Å². The van der Waals surface area contributed by atoms with Gasteiger partial charge in [0, 0.05) is 56.5 Å². The fourth-order valence-electron chi connectivity index (χ4n) is 4.24. The Balaban J connectivity index is 1.38. The SMILES string of the molecule is CC(=O)Nc1ccc(C(=O)C=C2Nc3cc(CN4CCOCC4)ccc3C3=NCCN23)cn1. The lowest BCUT2D eigenvalue weighted by Gasteiger charge is -2.32. The molecular formula is C24H26N6O3. The van der Waals surface area contributed by atoms with Crippen LogP contribution in [0.15, 0.2) is 53.4 Å². The van der Waals surface area contributed by atoms with Crippen molar-refractivity contribution in [1.82, 2.24) is 14.8 Å². The van der Waals surface area contributed by atoms with Crippen LogP contribution in [0.1, 0.15) is 28.4 Å². The molecule has 1 amide bonds. The van der Waals surface area contributed by atoms with E-state index in [0.29, 0.717) is 23.7 Å². The van der Waals surface area contributed by atoms with E-state index in [1.165, 1.54) is 18.7 Å². The summed E-state index contributed by atoms with van der Waals surface area (Å²) in [6.07, 6.45) is 3.06. The number of amidine groups is 1. The van der Waals surface area contributed by atoms with Crippen LogP contribution in [0.3, 0.4) is 0 Å². The van der Waals surface area contributed by atoms with Gasteiger partial charge >= 0.3 is 0 Å². The van der Waals surface area contributed by atoms with Gasteiger partial charge in [-0.2, -0.15) is 0 Å². The number of aromatic nitrogens is 1. The second-order valence-electron chi connectivity index (χ2n) is 8.26. The summed E-state index contributed by atoms with van der Waals surface area (Å²) < 4.78 is 5.45. The number of anilines is 2. The third-order valence-corrected chi connectivity index (χ3v) is 5.85. The van der Waals surface area contributed by atoms with Crippen molar-refractivity contribution in [1.29, 1.82) is 0 Å². The Hall–Kier alpha value is -3.56. The van der Waals surface area contributed by atoms with Crippen molar-refractivity contribution in [3.05, 3.63) is 65.1 Å². The number of rotatable bonds is 5. The maximum atomic E-state index is 12.9. The lowest BCUT2D eigenvalue weighted by atomic mass is 10.0. The zero-order valence-corrected chi connectivity index (χ0v) is 18.5. The average Bonchev–Trinajstić information content (AvgIpc) is 3.30. The first-order valence-electron chi connectivity index (χ1n) is 11.1. The number of ether oxygens (including phenoxy) is 1. The number of carbonyl (C=O) groups excluding carboxylic acids is 2. The number of morpholine rings is 1. The van der Waals surface area contributed by atoms with Crippen molar-refractivity contribution in [2.75, 3.05) is 50.0 Å². The molecule has 1 saturated heterocycles. The molecule has 1 aromatic carbocycles. The summed E-state index contributed by atoms with van der Waals surface area (Å²) in [6, 6.07) is 9.69. The lowest BCUT2D eigenvalue weighted by molar-refractivity contribution is -0.114. The van der Waals surface area contributed by atoms with Crippen molar-refractivity contribution in [2.24, 2.45) is 4.99 Å². The largest absolute Gasteiger partial charge is 0.379 e. The number of fused-ring (bicyclic) bond motifs is 3. The maximum Gasteiger partial charge on any atom is 0.222 e. The normalized spacial score (nSPS) is 18.9. The molecule has 5 rings (SSSR count). The fourth-order valence-corrected chi connectivity index (χ4v) is 4.24. The molecule has 3 aliphatic rings. The number of nitrogens with one attached hydrogen (secondary N) is 2. The van der Waals surface area contributed by atoms with Crippen LogP contribution in [-0.2, 0) is 16.1 Å². The van der Waals surface area contributed by atoms with Gasteiger partial charge in [0.1, 0.15) is 17.5 Å². The molecule has 1 aromatic heterocycles. The number of carbonyl (C=O) groups is 2. The minimum absolute atomic E-state index is 0.168. The molecule has 170 valence electrons. The molecule has 9 heteroatoms. The van der Waals surface area contributed by atoms with Gasteiger partial charge in [-0.15, -0.1) is 0 Å². The van der Waals surface area contributed by atoms with Crippen molar-refractivity contribution >= 4 is 29.0 Å². The molecule has 0 saturated carbocycles. The van der Waals surface area contributed by atoms with Gasteiger partial charge in [0.05, 0.1) is 25.4 Å². The number of allylic oxidation sites excluding steroid dienone is 1. The Morgan fingerprint density at radius 3 is 2.79 bits per heavy atom. The Bertz CT molecular complexity index is 1140. The summed E-state index contributed by atoms with van der Waals surface area (Å²) in [6.45, 7) is 7.08. The molecule has 0 aliphatic carbocycles. The van der Waals surface area contributed by atoms with Gasteiger partial charge in [0.2, 0.25) is 5.91 Å². The molecule has 33 heavy (non-hydrogen) atoms. The minimum atomic E-state index is -0.206. The third-order valence-electron chi connectivity index (χ3n) is 5.85. The molecule has 9 nitrogen and oxygen atoms in total. The predicted molar refractivity (Wildman–Crippen MR) is 125 cm³/mol. The van der Waals surface area contributed by atoms with Crippen LogP contribution in [0.25, 0.3) is 0 Å². The van der Waals surface area contributed by atoms with Crippen LogP contribution in [0.5, 0.6) is 0 Å². The zero-order chi connectivity index (χ0) is 22.8. The van der Waals surface area contributed by atoms with Crippen LogP contribution in [0.2, 0.25) is 0 Å². The Labute approximate surface area is 192 Å². The van der Waals surface area contributed by atoms with Crippen molar-refractivity contribution < 1.29 is 14.3 Å². The molecule has 0 radical (unpaired) electrons. The summed E-state index contributed by atoms with van der Waals surface area (Å²) in [5.41, 5.74) is 3.65. The summed E-state index contributed by atoms with van der Waals surface area (Å²) in [5.74, 6) is 1.64. The van der Waals surface area contributed by atoms with Crippen LogP contribution < -0.4 is 10.6 Å². The van der Waals surface area contributed by atoms with Gasteiger partial charge < -0.3 is 20.3 Å². The van der Waals surface area contributed by atoms with E-state index in [1.54, 1.807) is 18.2 Å². The number of nitrogens with zero attached hydrogens (tertiary/aromatic N) is 4. The standard InChI is InChI=1S/C24H26N6O3/c1-16(31)27-22-5-3-18(14-26-22)21(32)13-23-28-20-12-17(15-29-8-10-33-11-9-29)2-4-19(20)24-25-6-7-30(23)24/h2-5,12-14,28H,6-11,15H2,1H3,(H,26,27,31). The maximum absolute atomic E-state index is 12.9. The van der Waals surface area contributed by atoms with Gasteiger partial charge in [-0.3, -0.25) is 19.5 Å². The summed E-state index contributed by atoms with van der Waals surface area (Å²) >= 11 is 0. The minimum Gasteiger partial charge on any atom is -0.379 e. The van der Waals surface area contributed by atoms with E-state index in [2.05, 4.69) is 43.7 Å². The number of benzene rings is 1. The second-order valence-corrected chi connectivity index (χ2v) is 8.26. The van der Waals surface area contributed by atoms with Crippen LogP contribution >= 0.6 is 0 Å². The van der Waals surface area contributed by atoms with Crippen LogP contribution in [0.4, 0.5) is 11.5 Å². The van der Waals surface area contributed by atoms with Crippen LogP contribution in [0, 0.1) is 0 Å². The number of aliphatic imine (C=N–C) groups is 1. The third kappa shape index (κ3) is 4.64. The van der Waals surface area contributed by atoms with E-state index in [9.17, 15) is 9.59 Å². The molecule has 0 spiro atoms. The highest BCUT2D eigenvalue weighted by molar-refractivity contribution is 6.10. The quantitative estimate of drug-likeness (QED) is 0.536. The van der Waals surface area contributed by atoms with E-state index in [0.717, 1.165) is 56.5 Å². The van der Waals surface area contributed by atoms with E-state index in [-0.39, 0.29) is 11.7 Å². The monoisotopic (exact) mass is 446 g/mol. The Kier molecular flexibility index (Phi) is 5.89. The topological polar surface area (TPSA) is 99.2 Å². The first kappa shape index (κ1) is 21.3. The van der Waals surface area contributed by atoms with E-state index in [1.807, 2.05) is 4.90 Å².